The van der Waals surface area contributed by atoms with Crippen LogP contribution in [0.25, 0.3) is 0 Å². The van der Waals surface area contributed by atoms with E-state index >= 15 is 0 Å². The number of nitrogens with zero attached hydrogens (tertiary/aromatic N) is 1. The highest BCUT2D eigenvalue weighted by Crippen LogP contribution is 2.22. The molecule has 2 rings (SSSR count). The summed E-state index contributed by atoms with van der Waals surface area (Å²) in [5.74, 6) is -2.26. The van der Waals surface area contributed by atoms with Gasteiger partial charge in [-0.15, -0.1) is 0 Å². The average molecular weight is 407 g/mol. The van der Waals surface area contributed by atoms with Crippen molar-refractivity contribution in [2.75, 3.05) is 33.9 Å². The fraction of sp³-hybridized carbons (Fsp3) is 0.500. The van der Waals surface area contributed by atoms with Crippen LogP contribution in [0.1, 0.15) is 33.6 Å². The number of ether oxygens (including phenoxy) is 1. The summed E-state index contributed by atoms with van der Waals surface area (Å²) in [5.41, 5.74) is -0.394. The van der Waals surface area contributed by atoms with Crippen molar-refractivity contribution in [3.05, 3.63) is 34.1 Å². The standard InChI is InChI=1S/C16H20ClFN2O5S/c1-20(2)16(22)10-7-12(15(18)13(17)8-10)14(21)9-19-26(23,24)11-3-5-25-6-4-11/h7-8,11,19H,3-6,9H2,1-2H3. The van der Waals surface area contributed by atoms with Crippen LogP contribution in [0, 0.1) is 5.82 Å². The molecule has 0 bridgehead atoms. The van der Waals surface area contributed by atoms with Gasteiger partial charge in [-0.25, -0.2) is 17.5 Å². The predicted molar refractivity (Wildman–Crippen MR) is 94.5 cm³/mol. The quantitative estimate of drug-likeness (QED) is 0.722. The lowest BCUT2D eigenvalue weighted by molar-refractivity contribution is 0.0827. The summed E-state index contributed by atoms with van der Waals surface area (Å²) < 4.78 is 46.0. The van der Waals surface area contributed by atoms with Gasteiger partial charge >= 0.3 is 0 Å². The molecule has 1 aromatic carbocycles. The molecule has 1 amide bonds. The Balaban J connectivity index is 2.17. The molecule has 0 radical (unpaired) electrons. The lowest BCUT2D eigenvalue weighted by Gasteiger charge is -2.22. The molecule has 7 nitrogen and oxygen atoms in total. The smallest absolute Gasteiger partial charge is 0.253 e. The Morgan fingerprint density at radius 3 is 2.50 bits per heavy atom. The molecule has 0 saturated carbocycles. The zero-order chi connectivity index (χ0) is 19.5. The van der Waals surface area contributed by atoms with E-state index in [1.807, 2.05) is 0 Å². The summed E-state index contributed by atoms with van der Waals surface area (Å²) in [6.45, 7) is 0.0451. The minimum atomic E-state index is -3.73. The number of halogens is 2. The van der Waals surface area contributed by atoms with Crippen LogP contribution in [0.15, 0.2) is 12.1 Å². The highest BCUT2D eigenvalue weighted by molar-refractivity contribution is 7.90. The number of hydrogen-bond acceptors (Lipinski definition) is 5. The summed E-state index contributed by atoms with van der Waals surface area (Å²) >= 11 is 5.77. The molecule has 1 saturated heterocycles. The van der Waals surface area contributed by atoms with Crippen LogP contribution in [0.5, 0.6) is 0 Å². The highest BCUT2D eigenvalue weighted by atomic mass is 35.5. The number of hydrogen-bond donors (Lipinski definition) is 1. The first kappa shape index (κ1) is 20.8. The van der Waals surface area contributed by atoms with Crippen molar-refractivity contribution in [1.29, 1.82) is 0 Å². The molecule has 0 atom stereocenters. The van der Waals surface area contributed by atoms with Crippen LogP contribution in [-0.4, -0.2) is 64.1 Å². The lowest BCUT2D eigenvalue weighted by atomic mass is 10.1. The third-order valence-corrected chi connectivity index (χ3v) is 6.19. The topological polar surface area (TPSA) is 92.8 Å². The van der Waals surface area contributed by atoms with E-state index in [1.165, 1.54) is 19.0 Å². The SMILES string of the molecule is CN(C)C(=O)c1cc(Cl)c(F)c(C(=O)CNS(=O)(=O)C2CCOCC2)c1. The Labute approximate surface area is 156 Å². The maximum absolute atomic E-state index is 14.2. The summed E-state index contributed by atoms with van der Waals surface area (Å²) in [6, 6.07) is 2.21. The van der Waals surface area contributed by atoms with Gasteiger partial charge in [-0.3, -0.25) is 9.59 Å². The van der Waals surface area contributed by atoms with Crippen molar-refractivity contribution in [3.8, 4) is 0 Å². The molecule has 1 aliphatic rings. The van der Waals surface area contributed by atoms with Crippen molar-refractivity contribution in [2.24, 2.45) is 0 Å². The van der Waals surface area contributed by atoms with Gasteiger partial charge in [0.15, 0.2) is 11.6 Å². The maximum Gasteiger partial charge on any atom is 0.253 e. The molecule has 1 heterocycles. The molecule has 0 spiro atoms. The van der Waals surface area contributed by atoms with E-state index in [-0.39, 0.29) is 10.6 Å². The van der Waals surface area contributed by atoms with E-state index in [0.717, 1.165) is 12.1 Å². The Morgan fingerprint density at radius 1 is 1.31 bits per heavy atom. The van der Waals surface area contributed by atoms with Crippen molar-refractivity contribution < 1.29 is 27.1 Å². The molecule has 0 unspecified atom stereocenters. The fourth-order valence-corrected chi connectivity index (χ4v) is 4.14. The van der Waals surface area contributed by atoms with E-state index in [1.54, 1.807) is 0 Å². The van der Waals surface area contributed by atoms with Crippen LogP contribution in [0.3, 0.4) is 0 Å². The maximum atomic E-state index is 14.2. The first-order valence-electron chi connectivity index (χ1n) is 7.93. The fourth-order valence-electron chi connectivity index (χ4n) is 2.54. The second-order valence-electron chi connectivity index (χ2n) is 6.12. The summed E-state index contributed by atoms with van der Waals surface area (Å²) in [6.07, 6.45) is 0.660. The van der Waals surface area contributed by atoms with E-state index in [2.05, 4.69) is 4.72 Å². The van der Waals surface area contributed by atoms with Gasteiger partial charge in [-0.05, 0) is 25.0 Å². The van der Waals surface area contributed by atoms with Crippen LogP contribution in [0.2, 0.25) is 5.02 Å². The summed E-state index contributed by atoms with van der Waals surface area (Å²) in [5, 5.41) is -1.03. The van der Waals surface area contributed by atoms with E-state index in [4.69, 9.17) is 16.3 Å². The van der Waals surface area contributed by atoms with Crippen LogP contribution >= 0.6 is 11.6 Å². The monoisotopic (exact) mass is 406 g/mol. The highest BCUT2D eigenvalue weighted by Gasteiger charge is 2.28. The van der Waals surface area contributed by atoms with Crippen molar-refractivity contribution in [1.82, 2.24) is 9.62 Å². The molecule has 1 aliphatic heterocycles. The van der Waals surface area contributed by atoms with E-state index < -0.39 is 44.9 Å². The van der Waals surface area contributed by atoms with Crippen molar-refractivity contribution >= 4 is 33.3 Å². The molecule has 1 N–H and O–H groups in total. The largest absolute Gasteiger partial charge is 0.381 e. The second kappa shape index (κ2) is 8.43. The molecule has 144 valence electrons. The van der Waals surface area contributed by atoms with Crippen LogP contribution in [0.4, 0.5) is 4.39 Å². The van der Waals surface area contributed by atoms with Crippen molar-refractivity contribution in [2.45, 2.75) is 18.1 Å². The number of carbonyl (C=O) groups is 2. The summed E-state index contributed by atoms with van der Waals surface area (Å²) in [4.78, 5) is 25.6. The number of benzene rings is 1. The molecule has 1 fully saturated rings. The zero-order valence-corrected chi connectivity index (χ0v) is 16.0. The van der Waals surface area contributed by atoms with Gasteiger partial charge in [-0.1, -0.05) is 11.6 Å². The number of Topliss-reactive ketones (excluding diaryl/α,β-unsaturated/α-hetero) is 1. The van der Waals surface area contributed by atoms with Gasteiger partial charge in [0, 0.05) is 32.9 Å². The molecular formula is C16H20ClFN2O5S. The third-order valence-electron chi connectivity index (χ3n) is 4.02. The number of nitrogens with one attached hydrogen (secondary N) is 1. The first-order valence-corrected chi connectivity index (χ1v) is 9.86. The Hall–Kier alpha value is -1.55. The van der Waals surface area contributed by atoms with Gasteiger partial charge in [0.2, 0.25) is 10.0 Å². The van der Waals surface area contributed by atoms with E-state index in [0.29, 0.717) is 26.1 Å². The zero-order valence-electron chi connectivity index (χ0n) is 14.4. The van der Waals surface area contributed by atoms with Gasteiger partial charge in [-0.2, -0.15) is 0 Å². The molecule has 26 heavy (non-hydrogen) atoms. The number of sulfonamides is 1. The second-order valence-corrected chi connectivity index (χ2v) is 8.57. The van der Waals surface area contributed by atoms with Gasteiger partial charge in [0.1, 0.15) is 0 Å². The molecule has 0 aliphatic carbocycles. The number of rotatable bonds is 6. The minimum absolute atomic E-state index is 0.0389. The average Bonchev–Trinajstić information content (AvgIpc) is 2.62. The van der Waals surface area contributed by atoms with E-state index in [9.17, 15) is 22.4 Å². The van der Waals surface area contributed by atoms with Gasteiger partial charge in [0.05, 0.1) is 22.4 Å². The van der Waals surface area contributed by atoms with Crippen LogP contribution < -0.4 is 4.72 Å². The molecule has 0 aromatic heterocycles. The number of ketones is 1. The predicted octanol–water partition coefficient (Wildman–Crippen LogP) is 1.46. The minimum Gasteiger partial charge on any atom is -0.381 e. The Kier molecular flexibility index (Phi) is 6.73. The Morgan fingerprint density at radius 2 is 1.92 bits per heavy atom. The van der Waals surface area contributed by atoms with Crippen molar-refractivity contribution in [3.63, 3.8) is 0 Å². The third kappa shape index (κ3) is 4.79. The van der Waals surface area contributed by atoms with Crippen LogP contribution in [-0.2, 0) is 14.8 Å². The van der Waals surface area contributed by atoms with Gasteiger partial charge < -0.3 is 9.64 Å². The summed E-state index contributed by atoms with van der Waals surface area (Å²) in [7, 11) is -0.725. The first-order chi connectivity index (χ1) is 12.1. The number of amides is 1. The molecule has 1 aromatic rings. The Bertz CT molecular complexity index is 807. The molecular weight excluding hydrogens is 387 g/mol. The lowest BCUT2D eigenvalue weighted by Crippen LogP contribution is -2.40. The molecule has 10 heteroatoms. The normalized spacial score (nSPS) is 15.7. The van der Waals surface area contributed by atoms with Gasteiger partial charge in [0.25, 0.3) is 5.91 Å². The number of carbonyl (C=O) groups excluding carboxylic acids is 2.